The Labute approximate surface area is 159 Å². The molecule has 1 heterocycles. The van der Waals surface area contributed by atoms with Gasteiger partial charge in [0.05, 0.1) is 29.6 Å². The molecule has 0 bridgehead atoms. The van der Waals surface area contributed by atoms with Crippen LogP contribution in [0.2, 0.25) is 0 Å². The van der Waals surface area contributed by atoms with Gasteiger partial charge in [0.1, 0.15) is 5.60 Å². The van der Waals surface area contributed by atoms with Crippen molar-refractivity contribution in [3.8, 4) is 0 Å². The molecule has 1 aromatic carbocycles. The molecule has 146 valence electrons. The standard InChI is InChI=1S/C21H26O6/c1-18(2)16(22)15-11-20(5,13-25-12-14-9-7-6-8-10-14)26-27-21(15,24)19(3,4)17(18)23/h6-11,24H,12-13H2,1-5H3/t20-,21+/m1/s1. The molecule has 1 fully saturated rings. The van der Waals surface area contributed by atoms with Crippen molar-refractivity contribution in [2.75, 3.05) is 6.61 Å². The zero-order valence-electron chi connectivity index (χ0n) is 16.4. The lowest BCUT2D eigenvalue weighted by atomic mass is 9.57. The Morgan fingerprint density at radius 1 is 1.00 bits per heavy atom. The van der Waals surface area contributed by atoms with Gasteiger partial charge >= 0.3 is 0 Å². The summed E-state index contributed by atoms with van der Waals surface area (Å²) in [4.78, 5) is 36.4. The van der Waals surface area contributed by atoms with Gasteiger partial charge in [0.25, 0.3) is 0 Å². The Bertz CT molecular complexity index is 794. The van der Waals surface area contributed by atoms with E-state index in [9.17, 15) is 14.7 Å². The van der Waals surface area contributed by atoms with E-state index in [1.54, 1.807) is 34.6 Å². The molecule has 1 aliphatic carbocycles. The van der Waals surface area contributed by atoms with E-state index in [2.05, 4.69) is 0 Å². The van der Waals surface area contributed by atoms with Crippen LogP contribution in [0.5, 0.6) is 0 Å². The highest BCUT2D eigenvalue weighted by atomic mass is 17.2. The van der Waals surface area contributed by atoms with E-state index in [1.165, 1.54) is 6.08 Å². The summed E-state index contributed by atoms with van der Waals surface area (Å²) in [5, 5.41) is 11.0. The molecule has 1 saturated carbocycles. The van der Waals surface area contributed by atoms with Crippen LogP contribution in [0.4, 0.5) is 0 Å². The SMILES string of the molecule is CC1(C)C(=O)C2=C[C@](C)(COCc3ccccc3)OO[C@]2(O)C(C)(C)C1=O. The van der Waals surface area contributed by atoms with Crippen LogP contribution in [0.15, 0.2) is 42.0 Å². The molecule has 0 unspecified atom stereocenters. The molecule has 0 amide bonds. The van der Waals surface area contributed by atoms with Crippen molar-refractivity contribution >= 4 is 11.6 Å². The van der Waals surface area contributed by atoms with Crippen molar-refractivity contribution < 1.29 is 29.2 Å². The maximum atomic E-state index is 12.9. The van der Waals surface area contributed by atoms with E-state index < -0.39 is 33.8 Å². The highest BCUT2D eigenvalue weighted by molar-refractivity contribution is 6.19. The molecule has 3 rings (SSSR count). The van der Waals surface area contributed by atoms with Crippen LogP contribution < -0.4 is 0 Å². The Hall–Kier alpha value is -1.86. The first kappa shape index (κ1) is 19.9. The number of carbonyl (C=O) groups excluding carboxylic acids is 2. The lowest BCUT2D eigenvalue weighted by molar-refractivity contribution is -0.467. The van der Waals surface area contributed by atoms with Crippen molar-refractivity contribution in [1.29, 1.82) is 0 Å². The molecule has 1 aromatic rings. The molecule has 0 saturated heterocycles. The molecule has 2 aliphatic rings. The van der Waals surface area contributed by atoms with Crippen LogP contribution in [0.25, 0.3) is 0 Å². The Kier molecular flexibility index (Phi) is 4.67. The second-order valence-corrected chi connectivity index (χ2v) is 8.57. The minimum Gasteiger partial charge on any atom is -0.373 e. The zero-order valence-corrected chi connectivity index (χ0v) is 16.4. The average Bonchev–Trinajstić information content (AvgIpc) is 2.62. The number of fused-ring (bicyclic) bond motifs is 1. The first-order chi connectivity index (χ1) is 12.4. The number of benzene rings is 1. The van der Waals surface area contributed by atoms with Crippen LogP contribution in [-0.4, -0.2) is 34.7 Å². The van der Waals surface area contributed by atoms with Crippen LogP contribution in [0.3, 0.4) is 0 Å². The third kappa shape index (κ3) is 3.06. The number of hydrogen-bond donors (Lipinski definition) is 1. The summed E-state index contributed by atoms with van der Waals surface area (Å²) >= 11 is 0. The van der Waals surface area contributed by atoms with E-state index in [1.807, 2.05) is 30.3 Å². The number of hydrogen-bond acceptors (Lipinski definition) is 6. The monoisotopic (exact) mass is 374 g/mol. The minimum atomic E-state index is -2.13. The summed E-state index contributed by atoms with van der Waals surface area (Å²) in [6.45, 7) is 8.43. The van der Waals surface area contributed by atoms with E-state index >= 15 is 0 Å². The molecule has 2 atom stereocenters. The fraction of sp³-hybridized carbons (Fsp3) is 0.524. The lowest BCUT2D eigenvalue weighted by Gasteiger charge is -2.52. The summed E-state index contributed by atoms with van der Waals surface area (Å²) in [5.41, 5.74) is -2.63. The van der Waals surface area contributed by atoms with Crippen molar-refractivity contribution in [1.82, 2.24) is 0 Å². The number of rotatable bonds is 4. The molecule has 6 nitrogen and oxygen atoms in total. The Morgan fingerprint density at radius 3 is 2.26 bits per heavy atom. The van der Waals surface area contributed by atoms with E-state index in [0.29, 0.717) is 6.61 Å². The maximum Gasteiger partial charge on any atom is 0.240 e. The molecule has 0 spiro atoms. The number of ether oxygens (including phenoxy) is 1. The predicted octanol–water partition coefficient (Wildman–Crippen LogP) is 2.74. The van der Waals surface area contributed by atoms with Crippen LogP contribution in [0, 0.1) is 10.8 Å². The van der Waals surface area contributed by atoms with Crippen molar-refractivity contribution in [2.45, 2.75) is 52.6 Å². The van der Waals surface area contributed by atoms with Gasteiger partial charge in [-0.1, -0.05) is 30.3 Å². The van der Waals surface area contributed by atoms with E-state index in [4.69, 9.17) is 14.5 Å². The highest BCUT2D eigenvalue weighted by Crippen LogP contribution is 2.52. The maximum absolute atomic E-state index is 12.9. The van der Waals surface area contributed by atoms with Gasteiger partial charge in [0.15, 0.2) is 11.6 Å². The van der Waals surface area contributed by atoms with E-state index in [0.717, 1.165) is 5.56 Å². The number of Topliss-reactive ketones (excluding diaryl/α,β-unsaturated/α-hetero) is 2. The second kappa shape index (κ2) is 6.34. The number of carbonyl (C=O) groups is 2. The summed E-state index contributed by atoms with van der Waals surface area (Å²) in [5.74, 6) is -2.99. The minimum absolute atomic E-state index is 0.0363. The number of ketones is 2. The molecular weight excluding hydrogens is 348 g/mol. The van der Waals surface area contributed by atoms with Gasteiger partial charge < -0.3 is 9.84 Å². The summed E-state index contributed by atoms with van der Waals surface area (Å²) in [6.07, 6.45) is 1.53. The van der Waals surface area contributed by atoms with Gasteiger partial charge in [0, 0.05) is 0 Å². The lowest BCUT2D eigenvalue weighted by Crippen LogP contribution is -2.66. The third-order valence-electron chi connectivity index (χ3n) is 5.46. The van der Waals surface area contributed by atoms with E-state index in [-0.39, 0.29) is 12.2 Å². The van der Waals surface area contributed by atoms with Crippen LogP contribution in [-0.2, 0) is 30.7 Å². The smallest absolute Gasteiger partial charge is 0.240 e. The van der Waals surface area contributed by atoms with Crippen molar-refractivity contribution in [2.24, 2.45) is 10.8 Å². The second-order valence-electron chi connectivity index (χ2n) is 8.57. The van der Waals surface area contributed by atoms with Crippen molar-refractivity contribution in [3.05, 3.63) is 47.5 Å². The quantitative estimate of drug-likeness (QED) is 0.645. The van der Waals surface area contributed by atoms with Gasteiger partial charge in [-0.25, -0.2) is 4.89 Å². The fourth-order valence-electron chi connectivity index (χ4n) is 3.67. The van der Waals surface area contributed by atoms with Gasteiger partial charge in [-0.05, 0) is 46.3 Å². The summed E-state index contributed by atoms with van der Waals surface area (Å²) < 4.78 is 5.73. The highest BCUT2D eigenvalue weighted by Gasteiger charge is 2.67. The Balaban J connectivity index is 1.86. The molecule has 0 radical (unpaired) electrons. The average molecular weight is 374 g/mol. The predicted molar refractivity (Wildman–Crippen MR) is 97.3 cm³/mol. The molecule has 27 heavy (non-hydrogen) atoms. The number of aliphatic hydroxyl groups is 1. The van der Waals surface area contributed by atoms with Crippen LogP contribution in [0.1, 0.15) is 40.2 Å². The van der Waals surface area contributed by atoms with Crippen molar-refractivity contribution in [3.63, 3.8) is 0 Å². The zero-order chi connectivity index (χ0) is 20.1. The third-order valence-corrected chi connectivity index (χ3v) is 5.46. The first-order valence-electron chi connectivity index (χ1n) is 8.98. The molecule has 1 aliphatic heterocycles. The van der Waals surface area contributed by atoms with Crippen LogP contribution >= 0.6 is 0 Å². The largest absolute Gasteiger partial charge is 0.373 e. The summed E-state index contributed by atoms with van der Waals surface area (Å²) in [7, 11) is 0. The molecule has 1 N–H and O–H groups in total. The summed E-state index contributed by atoms with van der Waals surface area (Å²) in [6, 6.07) is 9.65. The van der Waals surface area contributed by atoms with Gasteiger partial charge in [-0.15, -0.1) is 0 Å². The molecular formula is C21H26O6. The van der Waals surface area contributed by atoms with Gasteiger partial charge in [-0.3, -0.25) is 9.59 Å². The Morgan fingerprint density at radius 2 is 1.63 bits per heavy atom. The molecule has 0 aromatic heterocycles. The normalized spacial score (nSPS) is 32.0. The van der Waals surface area contributed by atoms with Gasteiger partial charge in [-0.2, -0.15) is 4.89 Å². The molecule has 6 heteroatoms. The topological polar surface area (TPSA) is 82.1 Å². The fourth-order valence-corrected chi connectivity index (χ4v) is 3.67. The van der Waals surface area contributed by atoms with Gasteiger partial charge in [0.2, 0.25) is 5.79 Å². The first-order valence-corrected chi connectivity index (χ1v) is 8.98.